The lowest BCUT2D eigenvalue weighted by Gasteiger charge is -2.30. The monoisotopic (exact) mass is 142 g/mol. The van der Waals surface area contributed by atoms with Crippen molar-refractivity contribution in [2.75, 3.05) is 26.3 Å². The number of ether oxygens (including phenoxy) is 1. The third kappa shape index (κ3) is 1.05. The topological polar surface area (TPSA) is 38.5 Å². The van der Waals surface area contributed by atoms with Crippen LogP contribution in [0.15, 0.2) is 0 Å². The van der Waals surface area contributed by atoms with Crippen LogP contribution in [0.5, 0.6) is 0 Å². The van der Waals surface area contributed by atoms with Gasteiger partial charge in [0.1, 0.15) is 0 Å². The van der Waals surface area contributed by atoms with E-state index in [0.717, 1.165) is 38.1 Å². The van der Waals surface area contributed by atoms with Gasteiger partial charge in [0.2, 0.25) is 0 Å². The van der Waals surface area contributed by atoms with Crippen molar-refractivity contribution in [2.45, 2.75) is 6.42 Å². The number of hydrogen-bond donors (Lipinski definition) is 1. The van der Waals surface area contributed by atoms with Gasteiger partial charge in [-0.25, -0.2) is 5.01 Å². The summed E-state index contributed by atoms with van der Waals surface area (Å²) in [6.07, 6.45) is 1.22. The van der Waals surface area contributed by atoms with E-state index < -0.39 is 0 Å². The van der Waals surface area contributed by atoms with Crippen LogP contribution in [0.1, 0.15) is 6.42 Å². The third-order valence-electron chi connectivity index (χ3n) is 2.59. The molecule has 0 spiro atoms. The molecule has 0 saturated carbocycles. The highest BCUT2D eigenvalue weighted by atomic mass is 16.5. The first-order valence-corrected chi connectivity index (χ1v) is 3.93. The Morgan fingerprint density at radius 1 is 1.30 bits per heavy atom. The molecule has 58 valence electrons. The molecular weight excluding hydrogens is 128 g/mol. The van der Waals surface area contributed by atoms with Crippen LogP contribution in [-0.4, -0.2) is 31.3 Å². The Hall–Kier alpha value is -0.120. The van der Waals surface area contributed by atoms with Gasteiger partial charge in [-0.05, 0) is 12.3 Å². The fraction of sp³-hybridized carbons (Fsp3) is 1.00. The molecule has 0 aliphatic carbocycles. The highest BCUT2D eigenvalue weighted by Crippen LogP contribution is 2.27. The molecule has 0 aromatic rings. The van der Waals surface area contributed by atoms with Gasteiger partial charge in [0, 0.05) is 25.6 Å². The van der Waals surface area contributed by atoms with Crippen LogP contribution in [0.3, 0.4) is 0 Å². The molecule has 0 aromatic heterocycles. The van der Waals surface area contributed by atoms with E-state index in [1.165, 1.54) is 6.42 Å². The van der Waals surface area contributed by atoms with Gasteiger partial charge in [0.25, 0.3) is 0 Å². The number of rotatable bonds is 0. The molecule has 2 rings (SSSR count). The van der Waals surface area contributed by atoms with Crippen LogP contribution >= 0.6 is 0 Å². The number of hydrazine groups is 1. The van der Waals surface area contributed by atoms with E-state index in [4.69, 9.17) is 10.6 Å². The van der Waals surface area contributed by atoms with Gasteiger partial charge in [-0.15, -0.1) is 0 Å². The van der Waals surface area contributed by atoms with Crippen LogP contribution in [0.25, 0.3) is 0 Å². The van der Waals surface area contributed by atoms with Gasteiger partial charge < -0.3 is 4.74 Å². The average molecular weight is 142 g/mol. The molecule has 3 heteroatoms. The summed E-state index contributed by atoms with van der Waals surface area (Å²) in [6.45, 7) is 3.98. The first-order valence-electron chi connectivity index (χ1n) is 3.93. The zero-order valence-corrected chi connectivity index (χ0v) is 6.12. The van der Waals surface area contributed by atoms with Crippen LogP contribution in [0, 0.1) is 11.8 Å². The maximum absolute atomic E-state index is 5.67. The van der Waals surface area contributed by atoms with E-state index in [0.29, 0.717) is 0 Å². The van der Waals surface area contributed by atoms with Crippen molar-refractivity contribution in [1.29, 1.82) is 0 Å². The quantitative estimate of drug-likeness (QED) is 0.477. The first kappa shape index (κ1) is 6.58. The van der Waals surface area contributed by atoms with Crippen LogP contribution in [0.4, 0.5) is 0 Å². The second-order valence-electron chi connectivity index (χ2n) is 3.34. The summed E-state index contributed by atoms with van der Waals surface area (Å²) in [7, 11) is 0. The fourth-order valence-corrected chi connectivity index (χ4v) is 1.89. The average Bonchev–Trinajstić information content (AvgIpc) is 2.33. The summed E-state index contributed by atoms with van der Waals surface area (Å²) in [6, 6.07) is 0. The Bertz CT molecular complexity index is 129. The van der Waals surface area contributed by atoms with Crippen molar-refractivity contribution in [1.82, 2.24) is 5.01 Å². The molecule has 2 aliphatic rings. The summed E-state index contributed by atoms with van der Waals surface area (Å²) >= 11 is 0. The predicted molar refractivity (Wildman–Crippen MR) is 38.2 cm³/mol. The van der Waals surface area contributed by atoms with Gasteiger partial charge in [-0.1, -0.05) is 0 Å². The Morgan fingerprint density at radius 2 is 2.10 bits per heavy atom. The largest absolute Gasteiger partial charge is 0.381 e. The van der Waals surface area contributed by atoms with Crippen molar-refractivity contribution in [3.63, 3.8) is 0 Å². The molecule has 0 bridgehead atoms. The van der Waals surface area contributed by atoms with Gasteiger partial charge in [-0.2, -0.15) is 0 Å². The minimum Gasteiger partial charge on any atom is -0.381 e. The summed E-state index contributed by atoms with van der Waals surface area (Å²) in [5, 5.41) is 1.91. The fourth-order valence-electron chi connectivity index (χ4n) is 1.89. The summed E-state index contributed by atoms with van der Waals surface area (Å²) in [5.74, 6) is 7.19. The van der Waals surface area contributed by atoms with Crippen LogP contribution < -0.4 is 5.84 Å². The molecule has 0 aromatic carbocycles. The van der Waals surface area contributed by atoms with Gasteiger partial charge >= 0.3 is 0 Å². The highest BCUT2D eigenvalue weighted by molar-refractivity contribution is 4.81. The lowest BCUT2D eigenvalue weighted by Crippen LogP contribution is -2.43. The molecule has 10 heavy (non-hydrogen) atoms. The molecule has 2 N–H and O–H groups in total. The van der Waals surface area contributed by atoms with E-state index in [1.807, 2.05) is 5.01 Å². The van der Waals surface area contributed by atoms with Gasteiger partial charge in [0.15, 0.2) is 0 Å². The lowest BCUT2D eigenvalue weighted by molar-refractivity contribution is 0.149. The molecule has 0 radical (unpaired) electrons. The van der Waals surface area contributed by atoms with E-state index in [-0.39, 0.29) is 0 Å². The maximum atomic E-state index is 5.67. The van der Waals surface area contributed by atoms with Crippen molar-refractivity contribution < 1.29 is 4.74 Å². The minimum absolute atomic E-state index is 0.721. The molecule has 2 heterocycles. The SMILES string of the molecule is NN1CC[C@H]2COC[C@H]2C1. The Labute approximate surface area is 61.1 Å². The molecular formula is C7H14N2O. The number of nitrogens with zero attached hydrogens (tertiary/aromatic N) is 1. The second-order valence-corrected chi connectivity index (χ2v) is 3.34. The molecule has 2 atom stereocenters. The summed E-state index contributed by atoms with van der Waals surface area (Å²) in [5.41, 5.74) is 0. The molecule has 0 unspecified atom stereocenters. The molecule has 0 amide bonds. The number of piperidine rings is 1. The van der Waals surface area contributed by atoms with E-state index in [1.54, 1.807) is 0 Å². The Morgan fingerprint density at radius 3 is 3.00 bits per heavy atom. The molecule has 2 fully saturated rings. The zero-order valence-electron chi connectivity index (χ0n) is 6.12. The van der Waals surface area contributed by atoms with E-state index in [2.05, 4.69) is 0 Å². The maximum Gasteiger partial charge on any atom is 0.0510 e. The lowest BCUT2D eigenvalue weighted by atomic mass is 9.90. The predicted octanol–water partition coefficient (Wildman–Crippen LogP) is -0.172. The highest BCUT2D eigenvalue weighted by Gasteiger charge is 2.32. The minimum atomic E-state index is 0.721. The van der Waals surface area contributed by atoms with Gasteiger partial charge in [0.05, 0.1) is 6.61 Å². The van der Waals surface area contributed by atoms with Crippen molar-refractivity contribution in [3.05, 3.63) is 0 Å². The number of hydrogen-bond acceptors (Lipinski definition) is 3. The molecule has 3 nitrogen and oxygen atoms in total. The van der Waals surface area contributed by atoms with Crippen molar-refractivity contribution in [2.24, 2.45) is 17.7 Å². The molecule has 2 saturated heterocycles. The second kappa shape index (κ2) is 2.49. The van der Waals surface area contributed by atoms with Gasteiger partial charge in [-0.3, -0.25) is 5.84 Å². The normalized spacial score (nSPS) is 41.7. The van der Waals surface area contributed by atoms with Crippen LogP contribution in [-0.2, 0) is 4.74 Å². The standard InChI is InChI=1S/C7H14N2O/c8-9-2-1-6-4-10-5-7(6)3-9/h6-7H,1-5,8H2/t6-,7+/m0/s1. The van der Waals surface area contributed by atoms with Crippen molar-refractivity contribution >= 4 is 0 Å². The van der Waals surface area contributed by atoms with Crippen molar-refractivity contribution in [3.8, 4) is 0 Å². The zero-order chi connectivity index (χ0) is 6.97. The Balaban J connectivity index is 1.96. The first-order chi connectivity index (χ1) is 4.86. The Kier molecular flexibility index (Phi) is 1.64. The van der Waals surface area contributed by atoms with E-state index >= 15 is 0 Å². The smallest absolute Gasteiger partial charge is 0.0510 e. The summed E-state index contributed by atoms with van der Waals surface area (Å²) in [4.78, 5) is 0. The number of nitrogens with two attached hydrogens (primary N) is 1. The summed E-state index contributed by atoms with van der Waals surface area (Å²) < 4.78 is 5.36. The molecule has 2 aliphatic heterocycles. The van der Waals surface area contributed by atoms with Crippen LogP contribution in [0.2, 0.25) is 0 Å². The van der Waals surface area contributed by atoms with E-state index in [9.17, 15) is 0 Å². The third-order valence-corrected chi connectivity index (χ3v) is 2.59. The number of fused-ring (bicyclic) bond motifs is 1.